The number of carbonyl (C=O) groups excluding carboxylic acids is 1. The Morgan fingerprint density at radius 2 is 1.76 bits per heavy atom. The number of carbonyl (C=O) groups is 1. The molecule has 0 saturated carbocycles. The zero-order valence-corrected chi connectivity index (χ0v) is 23.3. The van der Waals surface area contributed by atoms with Gasteiger partial charge in [-0.1, -0.05) is 53.3 Å². The third-order valence-electron chi connectivity index (χ3n) is 6.93. The fraction of sp³-hybridized carbons (Fsp3) is 0.258. The van der Waals surface area contributed by atoms with Gasteiger partial charge in [-0.05, 0) is 82.5 Å². The molecule has 0 fully saturated rings. The molecule has 0 saturated heterocycles. The molecule has 0 spiro atoms. The van der Waals surface area contributed by atoms with Gasteiger partial charge in [-0.15, -0.1) is 0 Å². The van der Waals surface area contributed by atoms with Crippen molar-refractivity contribution in [1.82, 2.24) is 9.13 Å². The second-order valence-electron chi connectivity index (χ2n) is 9.71. The third-order valence-corrected chi connectivity index (χ3v) is 7.91. The number of esters is 1. The van der Waals surface area contributed by atoms with Crippen molar-refractivity contribution in [2.45, 2.75) is 47.6 Å². The Balaban J connectivity index is 1.69. The molecule has 3 heterocycles. The van der Waals surface area contributed by atoms with Gasteiger partial charge in [0.1, 0.15) is 0 Å². The van der Waals surface area contributed by atoms with Crippen LogP contribution >= 0.6 is 11.3 Å². The van der Waals surface area contributed by atoms with Crippen molar-refractivity contribution in [2.24, 2.45) is 4.99 Å². The molecule has 1 aliphatic heterocycles. The lowest BCUT2D eigenvalue weighted by molar-refractivity contribution is -0.139. The second-order valence-corrected chi connectivity index (χ2v) is 10.7. The molecule has 0 bridgehead atoms. The van der Waals surface area contributed by atoms with E-state index >= 15 is 0 Å². The number of ether oxygens (including phenoxy) is 1. The Morgan fingerprint density at radius 3 is 2.45 bits per heavy atom. The van der Waals surface area contributed by atoms with Gasteiger partial charge < -0.3 is 9.30 Å². The number of rotatable bonds is 5. The van der Waals surface area contributed by atoms with Crippen LogP contribution in [0.4, 0.5) is 0 Å². The Kier molecular flexibility index (Phi) is 6.80. The van der Waals surface area contributed by atoms with E-state index in [0.29, 0.717) is 20.6 Å². The summed E-state index contributed by atoms with van der Waals surface area (Å²) in [5.41, 5.74) is 8.14. The summed E-state index contributed by atoms with van der Waals surface area (Å²) < 4.78 is 9.80. The lowest BCUT2D eigenvalue weighted by Gasteiger charge is -2.24. The average Bonchev–Trinajstić information content (AvgIpc) is 3.33. The zero-order valence-electron chi connectivity index (χ0n) is 22.5. The van der Waals surface area contributed by atoms with E-state index in [0.717, 1.165) is 33.8 Å². The number of benzene rings is 2. The maximum absolute atomic E-state index is 13.9. The third kappa shape index (κ3) is 4.47. The number of hydrogen-bond donors (Lipinski definition) is 0. The summed E-state index contributed by atoms with van der Waals surface area (Å²) >= 11 is 1.34. The molecule has 38 heavy (non-hydrogen) atoms. The van der Waals surface area contributed by atoms with Gasteiger partial charge in [-0.25, -0.2) is 9.79 Å². The topological polar surface area (TPSA) is 65.6 Å². The van der Waals surface area contributed by atoms with Crippen LogP contribution in [-0.2, 0) is 9.53 Å². The highest BCUT2D eigenvalue weighted by molar-refractivity contribution is 7.07. The first-order valence-electron chi connectivity index (χ1n) is 12.7. The minimum atomic E-state index is -0.604. The molecule has 2 aromatic heterocycles. The van der Waals surface area contributed by atoms with Gasteiger partial charge in [-0.3, -0.25) is 9.36 Å². The average molecular weight is 526 g/mol. The molecule has 1 atom stereocenters. The molecule has 6 nitrogen and oxygen atoms in total. The Hall–Kier alpha value is -3.97. The van der Waals surface area contributed by atoms with Crippen LogP contribution in [0.1, 0.15) is 53.5 Å². The number of thiazole rings is 1. The zero-order chi connectivity index (χ0) is 27.1. The highest BCUT2D eigenvalue weighted by atomic mass is 32.1. The van der Waals surface area contributed by atoms with E-state index in [1.165, 1.54) is 16.9 Å². The molecule has 5 rings (SSSR count). The highest BCUT2D eigenvalue weighted by Crippen LogP contribution is 2.31. The number of hydrogen-bond acceptors (Lipinski definition) is 5. The summed E-state index contributed by atoms with van der Waals surface area (Å²) in [5.74, 6) is -0.449. The van der Waals surface area contributed by atoms with E-state index in [1.807, 2.05) is 37.3 Å². The van der Waals surface area contributed by atoms with Gasteiger partial charge in [0, 0.05) is 17.1 Å². The minimum absolute atomic E-state index is 0.172. The molecule has 4 aromatic rings. The molecule has 1 aliphatic rings. The summed E-state index contributed by atoms with van der Waals surface area (Å²) in [6.45, 7) is 12.1. The van der Waals surface area contributed by atoms with Crippen molar-refractivity contribution >= 4 is 23.4 Å². The quantitative estimate of drug-likeness (QED) is 0.351. The fourth-order valence-electron chi connectivity index (χ4n) is 5.10. The maximum atomic E-state index is 13.9. The summed E-state index contributed by atoms with van der Waals surface area (Å²) in [7, 11) is 0. The summed E-state index contributed by atoms with van der Waals surface area (Å²) in [6.07, 6.45) is 1.94. The Bertz CT molecular complexity index is 1770. The van der Waals surface area contributed by atoms with Crippen molar-refractivity contribution in [3.63, 3.8) is 0 Å². The SMILES string of the molecule is CCOC(=O)C1=C(C)N=c2s/c(=C/c3cc(C)n(-c4cccc(C)c4)c3C)c(=O)n2[C@@H]1c1ccc(C)cc1. The number of nitrogens with zero attached hydrogens (tertiary/aromatic N) is 3. The van der Waals surface area contributed by atoms with Gasteiger partial charge in [0.25, 0.3) is 5.56 Å². The summed E-state index contributed by atoms with van der Waals surface area (Å²) in [6, 6.07) is 17.8. The maximum Gasteiger partial charge on any atom is 0.338 e. The van der Waals surface area contributed by atoms with Crippen LogP contribution in [0.2, 0.25) is 0 Å². The monoisotopic (exact) mass is 525 g/mol. The lowest BCUT2D eigenvalue weighted by atomic mass is 9.95. The first-order valence-corrected chi connectivity index (χ1v) is 13.5. The van der Waals surface area contributed by atoms with Gasteiger partial charge in [0.05, 0.1) is 28.5 Å². The number of aryl methyl sites for hydroxylation is 3. The van der Waals surface area contributed by atoms with E-state index < -0.39 is 12.0 Å². The van der Waals surface area contributed by atoms with E-state index in [1.54, 1.807) is 18.4 Å². The van der Waals surface area contributed by atoms with Crippen molar-refractivity contribution in [1.29, 1.82) is 0 Å². The number of allylic oxidation sites excluding steroid dienone is 1. The van der Waals surface area contributed by atoms with Gasteiger partial charge in [0.2, 0.25) is 0 Å². The molecule has 194 valence electrons. The molecular formula is C31H31N3O3S. The molecule has 0 aliphatic carbocycles. The molecule has 0 amide bonds. The summed E-state index contributed by atoms with van der Waals surface area (Å²) in [5, 5.41) is 0. The normalized spacial score (nSPS) is 15.4. The Labute approximate surface area is 225 Å². The van der Waals surface area contributed by atoms with E-state index in [-0.39, 0.29) is 12.2 Å². The van der Waals surface area contributed by atoms with Gasteiger partial charge in [-0.2, -0.15) is 0 Å². The second kappa shape index (κ2) is 10.1. The predicted molar refractivity (Wildman–Crippen MR) is 152 cm³/mol. The number of aromatic nitrogens is 2. The number of fused-ring (bicyclic) bond motifs is 1. The predicted octanol–water partition coefficient (Wildman–Crippen LogP) is 4.82. The van der Waals surface area contributed by atoms with Crippen molar-refractivity contribution in [3.8, 4) is 5.69 Å². The van der Waals surface area contributed by atoms with Crippen LogP contribution in [0, 0.1) is 27.7 Å². The van der Waals surface area contributed by atoms with E-state index in [4.69, 9.17) is 4.74 Å². The standard InChI is InChI=1S/C31H31N3O3S/c1-7-37-30(36)27-21(5)32-31-34(28(27)23-13-11-18(2)12-14-23)29(35)26(38-31)17-24-16-20(4)33(22(24)6)25-10-8-9-19(3)15-25/h8-17,28H,7H2,1-6H3/b26-17+/t28-/m1/s1. The smallest absolute Gasteiger partial charge is 0.338 e. The van der Waals surface area contributed by atoms with Crippen LogP contribution in [0.25, 0.3) is 11.8 Å². The van der Waals surface area contributed by atoms with E-state index in [2.05, 4.69) is 60.7 Å². The summed E-state index contributed by atoms with van der Waals surface area (Å²) in [4.78, 5) is 32.2. The van der Waals surface area contributed by atoms with Crippen LogP contribution < -0.4 is 14.9 Å². The van der Waals surface area contributed by atoms with E-state index in [9.17, 15) is 9.59 Å². The molecule has 0 N–H and O–H groups in total. The van der Waals surface area contributed by atoms with Gasteiger partial charge >= 0.3 is 5.97 Å². The Morgan fingerprint density at radius 1 is 1.03 bits per heavy atom. The van der Waals surface area contributed by atoms with Crippen LogP contribution in [0.15, 0.2) is 75.7 Å². The van der Waals surface area contributed by atoms with Crippen LogP contribution in [0.5, 0.6) is 0 Å². The van der Waals surface area contributed by atoms with Crippen LogP contribution in [0.3, 0.4) is 0 Å². The first kappa shape index (κ1) is 25.7. The first-order chi connectivity index (χ1) is 18.2. The van der Waals surface area contributed by atoms with Crippen molar-refractivity contribution in [2.75, 3.05) is 6.61 Å². The van der Waals surface area contributed by atoms with Crippen molar-refractivity contribution in [3.05, 3.63) is 119 Å². The van der Waals surface area contributed by atoms with Crippen LogP contribution in [-0.4, -0.2) is 21.7 Å². The molecule has 0 unspecified atom stereocenters. The molecule has 0 radical (unpaired) electrons. The highest BCUT2D eigenvalue weighted by Gasteiger charge is 2.33. The lowest BCUT2D eigenvalue weighted by Crippen LogP contribution is -2.39. The minimum Gasteiger partial charge on any atom is -0.463 e. The molecule has 2 aromatic carbocycles. The fourth-order valence-corrected chi connectivity index (χ4v) is 6.13. The molecule has 7 heteroatoms. The largest absolute Gasteiger partial charge is 0.463 e. The molecular weight excluding hydrogens is 494 g/mol. The van der Waals surface area contributed by atoms with Gasteiger partial charge in [0.15, 0.2) is 4.80 Å². The van der Waals surface area contributed by atoms with Crippen molar-refractivity contribution < 1.29 is 9.53 Å².